The molecule has 0 amide bonds. The fourth-order valence-corrected chi connectivity index (χ4v) is 4.61. The molecule has 0 aromatic carbocycles. The number of ether oxygens (including phenoxy) is 1. The highest BCUT2D eigenvalue weighted by atomic mass is 16.5. The average molecular weight is 421 g/mol. The minimum atomic E-state index is -0.200. The number of terminal acetylenes is 1. The summed E-state index contributed by atoms with van der Waals surface area (Å²) in [7, 11) is 0. The highest BCUT2D eigenvalue weighted by molar-refractivity contribution is 5.85. The van der Waals surface area contributed by atoms with Crippen molar-refractivity contribution >= 4 is 5.78 Å². The van der Waals surface area contributed by atoms with Gasteiger partial charge in [0.1, 0.15) is 12.4 Å². The Bertz CT molecular complexity index is 458. The summed E-state index contributed by atoms with van der Waals surface area (Å²) in [6, 6.07) is 0. The maximum Gasteiger partial charge on any atom is 0.139 e. The first-order chi connectivity index (χ1) is 14.2. The van der Waals surface area contributed by atoms with Gasteiger partial charge in [-0.3, -0.25) is 4.79 Å². The Morgan fingerprint density at radius 3 is 1.57 bits per heavy atom. The second-order valence-corrected chi connectivity index (χ2v) is 10.3. The largest absolute Gasteiger partial charge is 0.369 e. The van der Waals surface area contributed by atoms with Crippen LogP contribution in [0, 0.1) is 41.4 Å². The van der Waals surface area contributed by atoms with E-state index in [1.54, 1.807) is 0 Å². The van der Waals surface area contributed by atoms with Crippen LogP contribution in [0.2, 0.25) is 0 Å². The molecule has 30 heavy (non-hydrogen) atoms. The molecule has 0 N–H and O–H groups in total. The lowest BCUT2D eigenvalue weighted by atomic mass is 9.59. The number of carbonyl (C=O) groups is 1. The van der Waals surface area contributed by atoms with Crippen LogP contribution in [0.4, 0.5) is 0 Å². The predicted octanol–water partition coefficient (Wildman–Crippen LogP) is 8.09. The van der Waals surface area contributed by atoms with Crippen molar-refractivity contribution in [2.75, 3.05) is 13.2 Å². The molecule has 176 valence electrons. The number of hydrogen-bond donors (Lipinski definition) is 0. The molecular weight excluding hydrogens is 368 g/mol. The number of rotatable bonds is 19. The number of Topliss-reactive ketones (excluding diaryl/α,β-unsaturated/α-hetero) is 1. The summed E-state index contributed by atoms with van der Waals surface area (Å²) in [5.74, 6) is 4.91. The molecule has 0 heterocycles. The summed E-state index contributed by atoms with van der Waals surface area (Å²) in [6.45, 7) is 17.1. The first kappa shape index (κ1) is 29.2. The van der Waals surface area contributed by atoms with Gasteiger partial charge < -0.3 is 4.74 Å². The quantitative estimate of drug-likeness (QED) is 0.156. The van der Waals surface area contributed by atoms with E-state index in [0.29, 0.717) is 36.1 Å². The molecule has 0 saturated heterocycles. The fraction of sp³-hybridized carbons (Fsp3) is 0.893. The van der Waals surface area contributed by atoms with E-state index in [2.05, 4.69) is 54.4 Å². The molecule has 0 bridgehead atoms. The number of ketones is 1. The van der Waals surface area contributed by atoms with Gasteiger partial charge in [0.05, 0.1) is 0 Å². The van der Waals surface area contributed by atoms with Crippen LogP contribution in [0.25, 0.3) is 0 Å². The molecule has 2 heteroatoms. The van der Waals surface area contributed by atoms with Gasteiger partial charge in [-0.2, -0.15) is 0 Å². The molecule has 0 spiro atoms. The Morgan fingerprint density at radius 1 is 0.767 bits per heavy atom. The van der Waals surface area contributed by atoms with Crippen LogP contribution in [0.1, 0.15) is 119 Å². The Labute approximate surface area is 189 Å². The van der Waals surface area contributed by atoms with Crippen molar-refractivity contribution in [1.82, 2.24) is 0 Å². The summed E-state index contributed by atoms with van der Waals surface area (Å²) in [5.41, 5.74) is -0.200. The van der Waals surface area contributed by atoms with Crippen LogP contribution in [0.3, 0.4) is 0 Å². The number of unbranched alkanes of at least 4 members (excludes halogenated alkanes) is 9. The molecule has 0 aromatic heterocycles. The van der Waals surface area contributed by atoms with Crippen molar-refractivity contribution in [3.05, 3.63) is 0 Å². The maximum absolute atomic E-state index is 13.3. The van der Waals surface area contributed by atoms with E-state index < -0.39 is 0 Å². The topological polar surface area (TPSA) is 26.3 Å². The summed E-state index contributed by atoms with van der Waals surface area (Å²) in [4.78, 5) is 13.3. The second kappa shape index (κ2) is 16.8. The van der Waals surface area contributed by atoms with Gasteiger partial charge in [0.15, 0.2) is 0 Å². The Hall–Kier alpha value is -0.810. The lowest BCUT2D eigenvalue weighted by Crippen LogP contribution is -2.44. The molecule has 2 unspecified atom stereocenters. The first-order valence-electron chi connectivity index (χ1n) is 12.7. The van der Waals surface area contributed by atoms with E-state index in [0.717, 1.165) is 25.9 Å². The van der Waals surface area contributed by atoms with Crippen molar-refractivity contribution < 1.29 is 9.53 Å². The van der Waals surface area contributed by atoms with Crippen LogP contribution >= 0.6 is 0 Å². The van der Waals surface area contributed by atoms with Gasteiger partial charge in [0, 0.05) is 18.4 Å². The van der Waals surface area contributed by atoms with E-state index in [1.165, 1.54) is 51.4 Å². The zero-order valence-corrected chi connectivity index (χ0v) is 21.4. The zero-order valence-electron chi connectivity index (χ0n) is 21.4. The monoisotopic (exact) mass is 420 g/mol. The van der Waals surface area contributed by atoms with Crippen LogP contribution in [-0.2, 0) is 9.53 Å². The van der Waals surface area contributed by atoms with Crippen LogP contribution in [0.15, 0.2) is 0 Å². The molecule has 0 saturated carbocycles. The van der Waals surface area contributed by atoms with E-state index in [1.807, 2.05) is 0 Å². The zero-order chi connectivity index (χ0) is 23.0. The fourth-order valence-electron chi connectivity index (χ4n) is 4.61. The Kier molecular flexibility index (Phi) is 16.4. The molecule has 0 aliphatic carbocycles. The molecular formula is C28H52O2. The van der Waals surface area contributed by atoms with E-state index >= 15 is 0 Å². The summed E-state index contributed by atoms with van der Waals surface area (Å²) < 4.78 is 5.29. The van der Waals surface area contributed by atoms with E-state index in [-0.39, 0.29) is 5.41 Å². The number of hydrogen-bond acceptors (Lipinski definition) is 2. The SMILES string of the molecule is C#CCOCCCCCCCCCCCCC(=O)C(C)(C(C)C(C)C)C(C)C(C)C. The van der Waals surface area contributed by atoms with Gasteiger partial charge in [-0.1, -0.05) is 106 Å². The van der Waals surface area contributed by atoms with Crippen LogP contribution in [0.5, 0.6) is 0 Å². The molecule has 0 aliphatic rings. The molecule has 0 aliphatic heterocycles. The van der Waals surface area contributed by atoms with E-state index in [4.69, 9.17) is 11.2 Å². The van der Waals surface area contributed by atoms with Gasteiger partial charge in [-0.05, 0) is 36.5 Å². The average Bonchev–Trinajstić information content (AvgIpc) is 2.71. The Morgan fingerprint density at radius 2 is 1.17 bits per heavy atom. The van der Waals surface area contributed by atoms with Crippen molar-refractivity contribution in [2.45, 2.75) is 119 Å². The van der Waals surface area contributed by atoms with Crippen LogP contribution < -0.4 is 0 Å². The smallest absolute Gasteiger partial charge is 0.139 e. The first-order valence-corrected chi connectivity index (χ1v) is 12.7. The van der Waals surface area contributed by atoms with Gasteiger partial charge in [0.25, 0.3) is 0 Å². The van der Waals surface area contributed by atoms with Gasteiger partial charge in [0.2, 0.25) is 0 Å². The number of carbonyl (C=O) groups excluding carboxylic acids is 1. The highest BCUT2D eigenvalue weighted by Gasteiger charge is 2.44. The molecule has 0 radical (unpaired) electrons. The lowest BCUT2D eigenvalue weighted by Gasteiger charge is -2.43. The third kappa shape index (κ3) is 11.0. The van der Waals surface area contributed by atoms with Crippen molar-refractivity contribution in [3.63, 3.8) is 0 Å². The third-order valence-electron chi connectivity index (χ3n) is 7.62. The predicted molar refractivity (Wildman–Crippen MR) is 132 cm³/mol. The van der Waals surface area contributed by atoms with Crippen molar-refractivity contribution in [2.24, 2.45) is 29.1 Å². The normalized spacial score (nSPS) is 15.7. The maximum atomic E-state index is 13.3. The van der Waals surface area contributed by atoms with Crippen molar-refractivity contribution in [3.8, 4) is 12.3 Å². The van der Waals surface area contributed by atoms with Gasteiger partial charge in [-0.15, -0.1) is 6.42 Å². The van der Waals surface area contributed by atoms with Gasteiger partial charge in [-0.25, -0.2) is 0 Å². The van der Waals surface area contributed by atoms with Crippen LogP contribution in [-0.4, -0.2) is 19.0 Å². The minimum absolute atomic E-state index is 0.200. The lowest BCUT2D eigenvalue weighted by molar-refractivity contribution is -0.137. The van der Waals surface area contributed by atoms with Gasteiger partial charge >= 0.3 is 0 Å². The van der Waals surface area contributed by atoms with E-state index in [9.17, 15) is 4.79 Å². The second-order valence-electron chi connectivity index (χ2n) is 10.3. The summed E-state index contributed by atoms with van der Waals surface area (Å²) >= 11 is 0. The molecule has 2 nitrogen and oxygen atoms in total. The molecule has 0 rings (SSSR count). The summed E-state index contributed by atoms with van der Waals surface area (Å²) in [5, 5.41) is 0. The molecule has 0 aromatic rings. The molecule has 2 atom stereocenters. The highest BCUT2D eigenvalue weighted by Crippen LogP contribution is 2.44. The summed E-state index contributed by atoms with van der Waals surface area (Å²) in [6.07, 6.45) is 18.4. The Balaban J connectivity index is 3.98. The third-order valence-corrected chi connectivity index (χ3v) is 7.62. The standard InChI is InChI=1S/C28H52O2/c1-9-21-30-22-19-17-15-13-11-10-12-14-16-18-20-27(29)28(8,25(6)23(2)3)26(7)24(4)5/h1,23-26H,10-22H2,2-8H3. The molecule has 0 fully saturated rings. The van der Waals surface area contributed by atoms with Crippen molar-refractivity contribution in [1.29, 1.82) is 0 Å². The minimum Gasteiger partial charge on any atom is -0.369 e.